The van der Waals surface area contributed by atoms with Crippen molar-refractivity contribution in [2.75, 3.05) is 27.3 Å². The molecule has 0 saturated carbocycles. The smallest absolute Gasteiger partial charge is 0.123 e. The van der Waals surface area contributed by atoms with Crippen LogP contribution in [0, 0.1) is 11.8 Å². The Balaban J connectivity index is 2.91. The van der Waals surface area contributed by atoms with Crippen molar-refractivity contribution in [3.8, 4) is 17.6 Å². The summed E-state index contributed by atoms with van der Waals surface area (Å²) in [5, 5.41) is 18.6. The quantitative estimate of drug-likeness (QED) is 0.795. The number of hydrogen-bond donors (Lipinski definition) is 2. The summed E-state index contributed by atoms with van der Waals surface area (Å²) >= 11 is 0. The average Bonchev–Trinajstić information content (AvgIpc) is 2.34. The summed E-state index contributed by atoms with van der Waals surface area (Å²) in [6.07, 6.45) is 0. The molecule has 0 fully saturated rings. The van der Waals surface area contributed by atoms with E-state index in [4.69, 9.17) is 9.84 Å². The van der Waals surface area contributed by atoms with Gasteiger partial charge in [0.25, 0.3) is 0 Å². The highest BCUT2D eigenvalue weighted by molar-refractivity contribution is 5.44. The molecule has 0 aliphatic rings. The van der Waals surface area contributed by atoms with Gasteiger partial charge in [0.2, 0.25) is 0 Å². The third-order valence-corrected chi connectivity index (χ3v) is 2.69. The highest BCUT2D eigenvalue weighted by Crippen LogP contribution is 2.21. The minimum Gasteiger partial charge on any atom is -0.496 e. The SMILES string of the molecule is COc1ccc(C#CCO)cc1CN(C)CC(C)(C)O. The lowest BCUT2D eigenvalue weighted by Crippen LogP contribution is -2.35. The van der Waals surface area contributed by atoms with Gasteiger partial charge < -0.3 is 14.9 Å². The molecule has 0 atom stereocenters. The predicted octanol–water partition coefficient (Wildman–Crippen LogP) is 1.24. The lowest BCUT2D eigenvalue weighted by molar-refractivity contribution is 0.0423. The minimum absolute atomic E-state index is 0.153. The number of benzene rings is 1. The van der Waals surface area contributed by atoms with Gasteiger partial charge in [0.15, 0.2) is 0 Å². The van der Waals surface area contributed by atoms with Crippen LogP contribution in [-0.4, -0.2) is 48.0 Å². The first-order valence-electron chi connectivity index (χ1n) is 6.53. The molecular weight excluding hydrogens is 254 g/mol. The molecule has 1 rings (SSSR count). The first kappa shape index (κ1) is 16.5. The molecule has 2 N–H and O–H groups in total. The van der Waals surface area contributed by atoms with Gasteiger partial charge in [-0.1, -0.05) is 11.8 Å². The Labute approximate surface area is 121 Å². The van der Waals surface area contributed by atoms with Crippen LogP contribution in [0.4, 0.5) is 0 Å². The highest BCUT2D eigenvalue weighted by atomic mass is 16.5. The number of likely N-dealkylation sites (N-methyl/N-ethyl adjacent to an activating group) is 1. The van der Waals surface area contributed by atoms with Crippen molar-refractivity contribution in [3.63, 3.8) is 0 Å². The molecule has 4 nitrogen and oxygen atoms in total. The van der Waals surface area contributed by atoms with E-state index in [1.165, 1.54) is 0 Å². The van der Waals surface area contributed by atoms with Crippen LogP contribution in [0.2, 0.25) is 0 Å². The summed E-state index contributed by atoms with van der Waals surface area (Å²) in [5.41, 5.74) is 1.10. The summed E-state index contributed by atoms with van der Waals surface area (Å²) in [6, 6.07) is 5.68. The summed E-state index contributed by atoms with van der Waals surface area (Å²) in [7, 11) is 3.58. The molecule has 1 aromatic rings. The zero-order chi connectivity index (χ0) is 15.2. The molecule has 0 aliphatic carbocycles. The second-order valence-corrected chi connectivity index (χ2v) is 5.47. The fourth-order valence-electron chi connectivity index (χ4n) is 2.13. The summed E-state index contributed by atoms with van der Waals surface area (Å²) < 4.78 is 5.35. The molecular formula is C16H23NO3. The molecule has 110 valence electrons. The Kier molecular flexibility index (Phi) is 6.03. The summed E-state index contributed by atoms with van der Waals surface area (Å²) in [5.74, 6) is 6.31. The Hall–Kier alpha value is -1.54. The molecule has 0 heterocycles. The van der Waals surface area contributed by atoms with E-state index in [2.05, 4.69) is 11.8 Å². The van der Waals surface area contributed by atoms with E-state index >= 15 is 0 Å². The van der Waals surface area contributed by atoms with Crippen molar-refractivity contribution < 1.29 is 14.9 Å². The van der Waals surface area contributed by atoms with Crippen LogP contribution < -0.4 is 4.74 Å². The number of nitrogens with zero attached hydrogens (tertiary/aromatic N) is 1. The van der Waals surface area contributed by atoms with E-state index in [0.29, 0.717) is 13.1 Å². The van der Waals surface area contributed by atoms with E-state index in [0.717, 1.165) is 16.9 Å². The number of aliphatic hydroxyl groups is 2. The predicted molar refractivity (Wildman–Crippen MR) is 79.6 cm³/mol. The topological polar surface area (TPSA) is 52.9 Å². The van der Waals surface area contributed by atoms with E-state index in [1.807, 2.05) is 30.1 Å². The van der Waals surface area contributed by atoms with E-state index in [-0.39, 0.29) is 6.61 Å². The Morgan fingerprint density at radius 2 is 2.05 bits per heavy atom. The maximum absolute atomic E-state index is 9.84. The first-order chi connectivity index (χ1) is 9.35. The van der Waals surface area contributed by atoms with Crippen LogP contribution in [0.1, 0.15) is 25.0 Å². The number of ether oxygens (including phenoxy) is 1. The lowest BCUT2D eigenvalue weighted by Gasteiger charge is -2.26. The maximum Gasteiger partial charge on any atom is 0.123 e. The van der Waals surface area contributed by atoms with Crippen LogP contribution in [0.15, 0.2) is 18.2 Å². The standard InChI is InChI=1S/C16H23NO3/c1-16(2,19)12-17(3)11-14-10-13(6-5-9-18)7-8-15(14)20-4/h7-8,10,18-19H,9,11-12H2,1-4H3. The molecule has 0 amide bonds. The molecule has 0 bridgehead atoms. The Bertz CT molecular complexity index is 495. The lowest BCUT2D eigenvalue weighted by atomic mass is 10.1. The second-order valence-electron chi connectivity index (χ2n) is 5.47. The Morgan fingerprint density at radius 3 is 2.60 bits per heavy atom. The summed E-state index contributed by atoms with van der Waals surface area (Å²) in [6.45, 7) is 4.62. The average molecular weight is 277 g/mol. The number of hydrogen-bond acceptors (Lipinski definition) is 4. The van der Waals surface area contributed by atoms with Gasteiger partial charge >= 0.3 is 0 Å². The molecule has 0 spiro atoms. The van der Waals surface area contributed by atoms with Crippen molar-refractivity contribution in [1.82, 2.24) is 4.90 Å². The molecule has 0 aromatic heterocycles. The Morgan fingerprint density at radius 1 is 1.35 bits per heavy atom. The van der Waals surface area contributed by atoms with Crippen LogP contribution in [0.25, 0.3) is 0 Å². The molecule has 0 radical (unpaired) electrons. The van der Waals surface area contributed by atoms with Gasteiger partial charge in [-0.2, -0.15) is 0 Å². The number of aliphatic hydroxyl groups excluding tert-OH is 1. The fraction of sp³-hybridized carbons (Fsp3) is 0.500. The first-order valence-corrected chi connectivity index (χ1v) is 6.53. The molecule has 4 heteroatoms. The van der Waals surface area contributed by atoms with Crippen molar-refractivity contribution in [2.45, 2.75) is 26.0 Å². The van der Waals surface area contributed by atoms with Crippen molar-refractivity contribution in [1.29, 1.82) is 0 Å². The second kappa shape index (κ2) is 7.30. The van der Waals surface area contributed by atoms with Gasteiger partial charge in [0.1, 0.15) is 12.4 Å². The highest BCUT2D eigenvalue weighted by Gasteiger charge is 2.16. The third-order valence-electron chi connectivity index (χ3n) is 2.69. The van der Waals surface area contributed by atoms with Crippen molar-refractivity contribution in [2.24, 2.45) is 0 Å². The normalized spacial score (nSPS) is 11.2. The third kappa shape index (κ3) is 5.62. The zero-order valence-electron chi connectivity index (χ0n) is 12.6. The molecule has 0 saturated heterocycles. The molecule has 1 aromatic carbocycles. The fourth-order valence-corrected chi connectivity index (χ4v) is 2.13. The van der Waals surface area contributed by atoms with Crippen LogP contribution in [0.3, 0.4) is 0 Å². The van der Waals surface area contributed by atoms with Gasteiger partial charge in [-0.05, 0) is 39.1 Å². The number of methoxy groups -OCH3 is 1. The maximum atomic E-state index is 9.84. The molecule has 20 heavy (non-hydrogen) atoms. The van der Waals surface area contributed by atoms with Gasteiger partial charge in [-0.15, -0.1) is 0 Å². The van der Waals surface area contributed by atoms with Crippen LogP contribution in [0.5, 0.6) is 5.75 Å². The van der Waals surface area contributed by atoms with Gasteiger partial charge in [0, 0.05) is 24.2 Å². The van der Waals surface area contributed by atoms with Gasteiger partial charge in [-0.25, -0.2) is 0 Å². The molecule has 0 unspecified atom stereocenters. The van der Waals surface area contributed by atoms with Crippen molar-refractivity contribution >= 4 is 0 Å². The van der Waals surface area contributed by atoms with Crippen molar-refractivity contribution in [3.05, 3.63) is 29.3 Å². The zero-order valence-corrected chi connectivity index (χ0v) is 12.6. The van der Waals surface area contributed by atoms with E-state index < -0.39 is 5.60 Å². The van der Waals surface area contributed by atoms with E-state index in [9.17, 15) is 5.11 Å². The van der Waals surface area contributed by atoms with Gasteiger partial charge in [0.05, 0.1) is 12.7 Å². The summed E-state index contributed by atoms with van der Waals surface area (Å²) in [4.78, 5) is 2.03. The monoisotopic (exact) mass is 277 g/mol. The van der Waals surface area contributed by atoms with Crippen LogP contribution in [-0.2, 0) is 6.54 Å². The molecule has 0 aliphatic heterocycles. The minimum atomic E-state index is -0.740. The van der Waals surface area contributed by atoms with E-state index in [1.54, 1.807) is 21.0 Å². The number of rotatable bonds is 5. The largest absolute Gasteiger partial charge is 0.496 e. The van der Waals surface area contributed by atoms with Crippen LogP contribution >= 0.6 is 0 Å². The van der Waals surface area contributed by atoms with Gasteiger partial charge in [-0.3, -0.25) is 4.90 Å².